The maximum atomic E-state index is 11.8. The number of ketones is 1. The monoisotopic (exact) mass is 852 g/mol. The Kier molecular flexibility index (Phi) is 24.9. The van der Waals surface area contributed by atoms with Gasteiger partial charge in [-0.25, -0.2) is 0 Å². The average Bonchev–Trinajstić information content (AvgIpc) is 3.30. The molecule has 14 nitrogen and oxygen atoms in total. The van der Waals surface area contributed by atoms with E-state index in [0.29, 0.717) is 12.6 Å². The summed E-state index contributed by atoms with van der Waals surface area (Å²) in [5.41, 5.74) is 9.71. The Hall–Kier alpha value is -5.77. The first-order chi connectivity index (χ1) is 29.8. The van der Waals surface area contributed by atoms with Crippen LogP contribution in [0.15, 0.2) is 121 Å². The maximum absolute atomic E-state index is 11.8. The molecule has 2 heterocycles. The van der Waals surface area contributed by atoms with Crippen LogP contribution in [-0.4, -0.2) is 125 Å². The summed E-state index contributed by atoms with van der Waals surface area (Å²) in [6.45, 7) is 10.9. The lowest BCUT2D eigenvalue weighted by Gasteiger charge is -2.31. The molecule has 0 bridgehead atoms. The van der Waals surface area contributed by atoms with Gasteiger partial charge in [0, 0.05) is 46.3 Å². The van der Waals surface area contributed by atoms with Gasteiger partial charge in [-0.2, -0.15) is 0 Å². The molecule has 0 aromatic heterocycles. The van der Waals surface area contributed by atoms with Crippen molar-refractivity contribution in [2.24, 2.45) is 5.73 Å². The van der Waals surface area contributed by atoms with Crippen LogP contribution in [0.4, 0.5) is 0 Å². The molecule has 0 spiro atoms. The minimum atomic E-state index is -0.554. The number of rotatable bonds is 11. The zero-order valence-electron chi connectivity index (χ0n) is 37.8. The molecular formula is C48H69N9O5. The summed E-state index contributed by atoms with van der Waals surface area (Å²) in [6.07, 6.45) is 0. The van der Waals surface area contributed by atoms with Crippen molar-refractivity contribution in [2.75, 3.05) is 81.1 Å². The zero-order chi connectivity index (χ0) is 45.9. The van der Waals surface area contributed by atoms with Gasteiger partial charge < -0.3 is 47.0 Å². The highest BCUT2D eigenvalue weighted by molar-refractivity contribution is 5.95. The summed E-state index contributed by atoms with van der Waals surface area (Å²) in [4.78, 5) is 63.0. The second kappa shape index (κ2) is 29.5. The highest BCUT2D eigenvalue weighted by Gasteiger charge is 2.31. The van der Waals surface area contributed by atoms with Gasteiger partial charge in [0.1, 0.15) is 18.1 Å². The normalized spacial score (nSPS) is 16.6. The fourth-order valence-electron chi connectivity index (χ4n) is 6.09. The molecule has 6 rings (SSSR count). The molecule has 7 N–H and O–H groups in total. The maximum Gasteiger partial charge on any atom is 0.250 e. The van der Waals surface area contributed by atoms with Crippen LogP contribution in [0, 0.1) is 0 Å². The van der Waals surface area contributed by atoms with Crippen LogP contribution in [-0.2, 0) is 24.0 Å². The first kappa shape index (κ1) is 52.4. The fraction of sp³-hybridized carbons (Fsp3) is 0.396. The number of hydrogen-bond acceptors (Lipinski definition) is 10. The zero-order valence-corrected chi connectivity index (χ0v) is 37.8. The molecular weight excluding hydrogens is 783 g/mol. The van der Waals surface area contributed by atoms with E-state index in [1.165, 1.54) is 17.4 Å². The van der Waals surface area contributed by atoms with Crippen LogP contribution in [0.5, 0.6) is 0 Å². The van der Waals surface area contributed by atoms with Gasteiger partial charge in [0.2, 0.25) is 23.6 Å². The molecule has 2 aliphatic rings. The molecule has 4 aromatic carbocycles. The first-order valence-corrected chi connectivity index (χ1v) is 21.0. The summed E-state index contributed by atoms with van der Waals surface area (Å²) in [7, 11) is 9.18. The van der Waals surface area contributed by atoms with Gasteiger partial charge >= 0.3 is 0 Å². The molecule has 2 saturated heterocycles. The van der Waals surface area contributed by atoms with Crippen molar-refractivity contribution in [1.29, 1.82) is 0 Å². The molecule has 62 heavy (non-hydrogen) atoms. The third-order valence-electron chi connectivity index (χ3n) is 9.83. The van der Waals surface area contributed by atoms with Crippen molar-refractivity contribution in [1.82, 2.24) is 41.3 Å². The fourth-order valence-corrected chi connectivity index (χ4v) is 6.09. The minimum Gasteiger partial charge on any atom is -0.344 e. The molecule has 336 valence electrons. The summed E-state index contributed by atoms with van der Waals surface area (Å²) in [6, 6.07) is 37.4. The van der Waals surface area contributed by atoms with Crippen molar-refractivity contribution in [3.05, 3.63) is 144 Å². The number of nitrogens with zero attached hydrogens (tertiary/aromatic N) is 3. The van der Waals surface area contributed by atoms with Crippen molar-refractivity contribution in [3.8, 4) is 0 Å². The van der Waals surface area contributed by atoms with E-state index in [0.717, 1.165) is 42.9 Å². The Morgan fingerprint density at radius 2 is 1.29 bits per heavy atom. The van der Waals surface area contributed by atoms with Gasteiger partial charge in [-0.3, -0.25) is 24.0 Å². The molecule has 4 atom stereocenters. The summed E-state index contributed by atoms with van der Waals surface area (Å²) in [5, 5.41) is 14.6. The number of benzene rings is 4. The van der Waals surface area contributed by atoms with Crippen molar-refractivity contribution >= 4 is 29.4 Å². The number of carbonyl (C=O) groups excluding carboxylic acids is 5. The number of likely N-dealkylation sites (N-methyl/N-ethyl adjacent to an activating group) is 4. The third-order valence-corrected chi connectivity index (χ3v) is 9.83. The molecule has 4 unspecified atom stereocenters. The lowest BCUT2D eigenvalue weighted by atomic mass is 10.0. The highest BCUT2D eigenvalue weighted by Crippen LogP contribution is 2.18. The van der Waals surface area contributed by atoms with E-state index in [1.807, 2.05) is 105 Å². The van der Waals surface area contributed by atoms with Crippen LogP contribution < -0.4 is 32.3 Å². The lowest BCUT2D eigenvalue weighted by molar-refractivity contribution is -0.143. The number of hydrogen-bond donors (Lipinski definition) is 6. The highest BCUT2D eigenvalue weighted by atomic mass is 16.2. The summed E-state index contributed by atoms with van der Waals surface area (Å²) >= 11 is 0. The number of piperazine rings is 2. The van der Waals surface area contributed by atoms with Gasteiger partial charge in [0.15, 0.2) is 5.78 Å². The van der Waals surface area contributed by atoms with Crippen LogP contribution in [0.1, 0.15) is 67.2 Å². The number of nitrogens with one attached hydrogen (secondary N) is 5. The summed E-state index contributed by atoms with van der Waals surface area (Å²) in [5.74, 6) is -0.493. The van der Waals surface area contributed by atoms with Crippen LogP contribution in [0.2, 0.25) is 0 Å². The molecule has 0 radical (unpaired) electrons. The number of nitrogens with two attached hydrogens (primary N) is 1. The minimum absolute atomic E-state index is 0.0429. The Morgan fingerprint density at radius 3 is 1.76 bits per heavy atom. The van der Waals surface area contributed by atoms with Gasteiger partial charge in [-0.1, -0.05) is 128 Å². The number of amides is 4. The van der Waals surface area contributed by atoms with Crippen LogP contribution in [0.25, 0.3) is 0 Å². The van der Waals surface area contributed by atoms with Crippen molar-refractivity contribution in [3.63, 3.8) is 0 Å². The SMILES string of the molecule is CCN(C)C(=O)C(N)c1ccccc1.CCNC.CN1CC(=O)NC(c2ccccc2)C1=O.CN1CCNC(c2ccccc2)C1.CNCC(=O)NC(C(C)=O)c1ccccc1. The standard InChI is InChI=1S/C12H16N2O2.C11H12N2O2.C11H16N2O.C11H16N2.C3H9N/c1-9(15)12(14-11(16)8-13-2)10-6-4-3-5-7-10;1-13-7-9(14)12-10(11(13)15)8-5-3-2-4-6-8;1-3-13(2)11(14)10(12)9-7-5-4-6-8-9;1-13-8-7-12-11(9-13)10-5-3-2-4-6-10;1-3-4-2/h3-7,12-13H,8H2,1-2H3,(H,14,16);2-6,10H,7H2,1H3,(H,12,14);4-8,10H,3,12H2,1-2H3;2-6,11-12H,7-9H2,1H3;4H,3H2,1-2H3. The van der Waals surface area contributed by atoms with Gasteiger partial charge in [0.05, 0.1) is 13.1 Å². The van der Waals surface area contributed by atoms with Gasteiger partial charge in [0.25, 0.3) is 0 Å². The predicted molar refractivity (Wildman–Crippen MR) is 248 cm³/mol. The van der Waals surface area contributed by atoms with E-state index in [1.54, 1.807) is 26.0 Å². The molecule has 4 amide bonds. The van der Waals surface area contributed by atoms with Crippen LogP contribution >= 0.6 is 0 Å². The lowest BCUT2D eigenvalue weighted by Crippen LogP contribution is -2.51. The first-order valence-electron chi connectivity index (χ1n) is 21.0. The Morgan fingerprint density at radius 1 is 0.790 bits per heavy atom. The molecule has 14 heteroatoms. The van der Waals surface area contributed by atoms with E-state index in [9.17, 15) is 24.0 Å². The van der Waals surface area contributed by atoms with Gasteiger partial charge in [-0.05, 0) is 63.8 Å². The Labute approximate surface area is 369 Å². The third kappa shape index (κ3) is 18.9. The quantitative estimate of drug-likeness (QED) is 0.131. The van der Waals surface area contributed by atoms with E-state index in [4.69, 9.17) is 5.73 Å². The average molecular weight is 852 g/mol. The Balaban J connectivity index is 0.000000277. The van der Waals surface area contributed by atoms with E-state index in [-0.39, 0.29) is 42.5 Å². The van der Waals surface area contributed by atoms with E-state index in [2.05, 4.69) is 75.8 Å². The largest absolute Gasteiger partial charge is 0.344 e. The van der Waals surface area contributed by atoms with E-state index < -0.39 is 18.1 Å². The van der Waals surface area contributed by atoms with Crippen LogP contribution in [0.3, 0.4) is 0 Å². The summed E-state index contributed by atoms with van der Waals surface area (Å²) < 4.78 is 0. The topological polar surface area (TPSA) is 181 Å². The van der Waals surface area contributed by atoms with E-state index >= 15 is 0 Å². The smallest absolute Gasteiger partial charge is 0.250 e. The number of carbonyl (C=O) groups is 5. The van der Waals surface area contributed by atoms with Crippen molar-refractivity contribution < 1.29 is 24.0 Å². The molecule has 0 aliphatic carbocycles. The molecule has 0 saturated carbocycles. The molecule has 4 aromatic rings. The second-order valence-corrected chi connectivity index (χ2v) is 14.8. The Bertz CT molecular complexity index is 1890. The second-order valence-electron chi connectivity index (χ2n) is 14.8. The molecule has 2 aliphatic heterocycles. The number of Topliss-reactive ketones (excluding diaryl/α,β-unsaturated/α-hetero) is 1. The van der Waals surface area contributed by atoms with Gasteiger partial charge in [-0.15, -0.1) is 0 Å². The predicted octanol–water partition coefficient (Wildman–Crippen LogP) is 3.62. The van der Waals surface area contributed by atoms with Crippen molar-refractivity contribution in [2.45, 2.75) is 44.9 Å². The molecule has 2 fully saturated rings.